The van der Waals surface area contributed by atoms with Gasteiger partial charge in [0.1, 0.15) is 17.6 Å². The van der Waals surface area contributed by atoms with Crippen LogP contribution in [0.4, 0.5) is 0 Å². The van der Waals surface area contributed by atoms with E-state index in [4.69, 9.17) is 23.8 Å². The van der Waals surface area contributed by atoms with Gasteiger partial charge >= 0.3 is 0 Å². The largest absolute Gasteiger partial charge is 1.00 e. The molecule has 2 aromatic heterocycles. The van der Waals surface area contributed by atoms with Crippen LogP contribution in [0.15, 0.2) is 60.8 Å². The number of rotatable bonds is 6. The molecule has 0 atom stereocenters. The number of benzene rings is 3. The zero-order chi connectivity index (χ0) is 24.1. The Morgan fingerprint density at radius 1 is 1.03 bits per heavy atom. The number of halogens is 1. The smallest absolute Gasteiger partial charge is 0.231 e. The number of nitrogens with zero attached hydrogens (tertiary/aromatic N) is 4. The van der Waals surface area contributed by atoms with Crippen molar-refractivity contribution < 1.29 is 45.3 Å². The van der Waals surface area contributed by atoms with Gasteiger partial charge in [-0.25, -0.2) is 0 Å². The lowest BCUT2D eigenvalue weighted by Gasteiger charge is -2.18. The van der Waals surface area contributed by atoms with Gasteiger partial charge in [-0.3, -0.25) is 0 Å². The Morgan fingerprint density at radius 3 is 2.78 bits per heavy atom. The predicted molar refractivity (Wildman–Crippen MR) is 130 cm³/mol. The van der Waals surface area contributed by atoms with E-state index < -0.39 is 0 Å². The molecule has 2 aliphatic rings. The number of ether oxygens (including phenoxy) is 4. The summed E-state index contributed by atoms with van der Waals surface area (Å²) in [5.41, 5.74) is 5.16. The van der Waals surface area contributed by atoms with E-state index in [1.165, 1.54) is 16.0 Å². The van der Waals surface area contributed by atoms with Gasteiger partial charge in [0.05, 0.1) is 18.1 Å². The van der Waals surface area contributed by atoms with Crippen molar-refractivity contribution in [2.24, 2.45) is 0 Å². The van der Waals surface area contributed by atoms with Crippen LogP contribution in [0, 0.1) is 0 Å². The van der Waals surface area contributed by atoms with E-state index in [1.54, 1.807) is 7.11 Å². The fourth-order valence-electron chi connectivity index (χ4n) is 4.92. The third-order valence-electron chi connectivity index (χ3n) is 6.66. The highest BCUT2D eigenvalue weighted by atomic mass is 79.9. The maximum Gasteiger partial charge on any atom is 0.231 e. The second-order valence-electron chi connectivity index (χ2n) is 8.70. The predicted octanol–water partition coefficient (Wildman–Crippen LogP) is 0.344. The van der Waals surface area contributed by atoms with Crippen LogP contribution in [0.1, 0.15) is 5.56 Å². The number of fused-ring (bicyclic) bond motifs is 6. The highest BCUT2D eigenvalue weighted by Crippen LogP contribution is 2.41. The summed E-state index contributed by atoms with van der Waals surface area (Å²) in [5, 5.41) is 10.2. The number of hydrogen-bond donors (Lipinski definition) is 0. The van der Waals surface area contributed by atoms with Crippen molar-refractivity contribution in [3.8, 4) is 34.3 Å². The lowest BCUT2D eigenvalue weighted by Crippen LogP contribution is -3.00. The molecular formula is C27H23BrN4O5. The van der Waals surface area contributed by atoms with E-state index in [0.717, 1.165) is 52.0 Å². The zero-order valence-electron chi connectivity index (χ0n) is 20.0. The molecule has 0 N–H and O–H groups in total. The Bertz CT molecular complexity index is 1640. The van der Waals surface area contributed by atoms with Crippen molar-refractivity contribution in [1.82, 2.24) is 15.2 Å². The van der Waals surface area contributed by atoms with Gasteiger partial charge in [-0.15, -0.1) is 5.10 Å². The first-order valence-corrected chi connectivity index (χ1v) is 11.8. The fraction of sp³-hybridized carbons (Fsp3) is 0.222. The molecule has 0 unspecified atom stereocenters. The van der Waals surface area contributed by atoms with Crippen molar-refractivity contribution in [1.29, 1.82) is 0 Å². The highest BCUT2D eigenvalue weighted by Gasteiger charge is 2.28. The lowest BCUT2D eigenvalue weighted by molar-refractivity contribution is -0.686. The monoisotopic (exact) mass is 562 g/mol. The molecule has 0 bridgehead atoms. The van der Waals surface area contributed by atoms with E-state index >= 15 is 0 Å². The average Bonchev–Trinajstić information content (AvgIpc) is 3.55. The number of methoxy groups -OCH3 is 1. The number of aromatic nitrogens is 4. The first-order valence-electron chi connectivity index (χ1n) is 11.8. The van der Waals surface area contributed by atoms with Crippen LogP contribution < -0.4 is 45.3 Å². The van der Waals surface area contributed by atoms with Crippen LogP contribution in [-0.4, -0.2) is 42.3 Å². The molecule has 0 saturated heterocycles. The SMILES string of the molecule is COc1ccc2cc3[n+](cc2c1OCCOn1nnc2ccccc21)CCc1cc2c(cc1-3)OCO2.[Br-]. The summed E-state index contributed by atoms with van der Waals surface area (Å²) >= 11 is 0. The van der Waals surface area contributed by atoms with Gasteiger partial charge < -0.3 is 40.8 Å². The summed E-state index contributed by atoms with van der Waals surface area (Å²) < 4.78 is 25.3. The van der Waals surface area contributed by atoms with E-state index in [-0.39, 0.29) is 23.8 Å². The molecule has 4 heterocycles. The minimum Gasteiger partial charge on any atom is -1.00 e. The van der Waals surface area contributed by atoms with Crippen LogP contribution in [0.25, 0.3) is 33.1 Å². The fourth-order valence-corrected chi connectivity index (χ4v) is 4.92. The van der Waals surface area contributed by atoms with Crippen molar-refractivity contribution >= 4 is 21.8 Å². The molecule has 0 amide bonds. The average molecular weight is 563 g/mol. The van der Waals surface area contributed by atoms with Crippen LogP contribution in [0.5, 0.6) is 23.0 Å². The quantitative estimate of drug-likeness (QED) is 0.218. The Morgan fingerprint density at radius 2 is 1.89 bits per heavy atom. The number of aryl methyl sites for hydroxylation is 2. The van der Waals surface area contributed by atoms with Crippen molar-refractivity contribution in [3.05, 3.63) is 66.4 Å². The van der Waals surface area contributed by atoms with Gasteiger partial charge in [0, 0.05) is 12.5 Å². The molecule has 188 valence electrons. The molecule has 10 heteroatoms. The molecule has 5 aromatic rings. The Labute approximate surface area is 222 Å². The normalized spacial score (nSPS) is 13.1. The standard InChI is InChI=1S/C27H23N4O5.BrH/c1-32-24-7-6-17-12-23-19-14-26-25(34-16-35-26)13-18(19)8-9-30(23)15-20(17)27(24)33-10-11-36-31-22-5-3-2-4-21(22)28-29-31;/h2-7,12-15H,8-11,16H2,1H3;1H/q+1;/p-1. The minimum absolute atomic E-state index is 0. The number of para-hydroxylation sites is 1. The second-order valence-corrected chi connectivity index (χ2v) is 8.70. The zero-order valence-corrected chi connectivity index (χ0v) is 21.6. The number of pyridine rings is 1. The Hall–Kier alpha value is -4.05. The molecule has 2 aliphatic heterocycles. The van der Waals surface area contributed by atoms with Gasteiger partial charge in [0.2, 0.25) is 12.5 Å². The van der Waals surface area contributed by atoms with E-state index in [9.17, 15) is 0 Å². The van der Waals surface area contributed by atoms with Gasteiger partial charge in [-0.2, -0.15) is 4.57 Å². The Balaban J connectivity index is 0.00000252. The van der Waals surface area contributed by atoms with Crippen LogP contribution in [0.2, 0.25) is 0 Å². The topological polar surface area (TPSA) is 80.7 Å². The minimum atomic E-state index is 0. The lowest BCUT2D eigenvalue weighted by atomic mass is 9.95. The second kappa shape index (κ2) is 9.44. The van der Waals surface area contributed by atoms with E-state index in [1.807, 2.05) is 30.3 Å². The van der Waals surface area contributed by atoms with Crippen molar-refractivity contribution in [3.63, 3.8) is 0 Å². The molecule has 0 fully saturated rings. The van der Waals surface area contributed by atoms with Crippen LogP contribution in [-0.2, 0) is 13.0 Å². The summed E-state index contributed by atoms with van der Waals surface area (Å²) in [6.45, 7) is 1.74. The van der Waals surface area contributed by atoms with Gasteiger partial charge in [-0.05, 0) is 52.6 Å². The summed E-state index contributed by atoms with van der Waals surface area (Å²) in [5.74, 6) is 2.98. The van der Waals surface area contributed by atoms with E-state index in [2.05, 4.69) is 45.3 Å². The number of hydrogen-bond acceptors (Lipinski definition) is 7. The maximum absolute atomic E-state index is 6.21. The third-order valence-corrected chi connectivity index (χ3v) is 6.66. The summed E-state index contributed by atoms with van der Waals surface area (Å²) in [4.78, 5) is 7.21. The third kappa shape index (κ3) is 3.97. The first kappa shape index (κ1) is 23.4. The molecule has 9 nitrogen and oxygen atoms in total. The van der Waals surface area contributed by atoms with E-state index in [0.29, 0.717) is 24.7 Å². The van der Waals surface area contributed by atoms with Gasteiger partial charge in [-0.1, -0.05) is 17.0 Å². The molecule has 0 saturated carbocycles. The molecule has 0 radical (unpaired) electrons. The highest BCUT2D eigenvalue weighted by molar-refractivity contribution is 5.91. The molecule has 37 heavy (non-hydrogen) atoms. The molecule has 7 rings (SSSR count). The molecule has 0 aliphatic carbocycles. The van der Waals surface area contributed by atoms with Gasteiger partial charge in [0.15, 0.2) is 42.3 Å². The van der Waals surface area contributed by atoms with Crippen LogP contribution in [0.3, 0.4) is 0 Å². The molecular weight excluding hydrogens is 540 g/mol. The summed E-state index contributed by atoms with van der Waals surface area (Å²) in [6.07, 6.45) is 3.05. The first-order chi connectivity index (χ1) is 17.8. The van der Waals surface area contributed by atoms with Crippen LogP contribution >= 0.6 is 0 Å². The summed E-state index contributed by atoms with van der Waals surface area (Å²) in [7, 11) is 1.65. The maximum atomic E-state index is 6.21. The van der Waals surface area contributed by atoms with Crippen molar-refractivity contribution in [2.75, 3.05) is 27.1 Å². The molecule has 0 spiro atoms. The van der Waals surface area contributed by atoms with Gasteiger partial charge in [0.25, 0.3) is 0 Å². The van der Waals surface area contributed by atoms with Crippen molar-refractivity contribution in [2.45, 2.75) is 13.0 Å². The molecule has 3 aromatic carbocycles. The Kier molecular flexibility index (Phi) is 5.96. The summed E-state index contributed by atoms with van der Waals surface area (Å²) in [6, 6.07) is 18.0.